The van der Waals surface area contributed by atoms with Crippen LogP contribution in [0.4, 0.5) is 0 Å². The first-order valence-corrected chi connectivity index (χ1v) is 12.6. The Bertz CT molecular complexity index is 1070. The van der Waals surface area contributed by atoms with Crippen molar-refractivity contribution >= 4 is 32.8 Å². The second kappa shape index (κ2) is 8.85. The van der Waals surface area contributed by atoms with E-state index in [1.54, 1.807) is 28.2 Å². The number of pyridine rings is 1. The quantitative estimate of drug-likeness (QED) is 0.531. The fraction of sp³-hybridized carbons (Fsp3) is 0.429. The largest absolute Gasteiger partial charge is 0.319 e. The van der Waals surface area contributed by atoms with E-state index in [4.69, 9.17) is 4.98 Å². The maximum absolute atomic E-state index is 13.0. The molecular weight excluding hydrogens is 404 g/mol. The maximum atomic E-state index is 13.0. The summed E-state index contributed by atoms with van der Waals surface area (Å²) in [6.45, 7) is 4.10. The lowest BCUT2D eigenvalue weighted by atomic mass is 10.2. The van der Waals surface area contributed by atoms with Crippen LogP contribution in [0.15, 0.2) is 52.6 Å². The van der Waals surface area contributed by atoms with Crippen LogP contribution in [0.1, 0.15) is 31.9 Å². The van der Waals surface area contributed by atoms with Gasteiger partial charge in [-0.15, -0.1) is 0 Å². The molecule has 0 amide bonds. The van der Waals surface area contributed by atoms with E-state index in [2.05, 4.69) is 16.5 Å². The molecule has 0 spiro atoms. The van der Waals surface area contributed by atoms with Gasteiger partial charge in [0.1, 0.15) is 0 Å². The first-order valence-electron chi connectivity index (χ1n) is 10.1. The van der Waals surface area contributed by atoms with Gasteiger partial charge in [0, 0.05) is 37.3 Å². The third-order valence-corrected chi connectivity index (χ3v) is 8.14. The standard InChI is InChI=1S/C21H26N4O2S2/c1-2-25-20-10-9-18(29(26,27)24-13-6-3-7-14-24)16-19(20)23-21(25)28-15-11-17-8-4-5-12-22-17/h4-5,8-10,12,16H,2-3,6-7,11,13-15H2,1H3. The molecule has 0 N–H and O–H groups in total. The van der Waals surface area contributed by atoms with Crippen molar-refractivity contribution in [3.63, 3.8) is 0 Å². The number of piperidine rings is 1. The van der Waals surface area contributed by atoms with Crippen LogP contribution in [0.5, 0.6) is 0 Å². The Morgan fingerprint density at radius 2 is 1.93 bits per heavy atom. The summed E-state index contributed by atoms with van der Waals surface area (Å²) in [5.41, 5.74) is 2.78. The highest BCUT2D eigenvalue weighted by Gasteiger charge is 2.26. The van der Waals surface area contributed by atoms with E-state index in [9.17, 15) is 8.42 Å². The van der Waals surface area contributed by atoms with Crippen molar-refractivity contribution in [3.8, 4) is 0 Å². The zero-order valence-electron chi connectivity index (χ0n) is 16.6. The van der Waals surface area contributed by atoms with Gasteiger partial charge in [0.05, 0.1) is 15.9 Å². The van der Waals surface area contributed by atoms with Crippen LogP contribution in [0.25, 0.3) is 11.0 Å². The van der Waals surface area contributed by atoms with Gasteiger partial charge in [-0.25, -0.2) is 13.4 Å². The van der Waals surface area contributed by atoms with Crippen molar-refractivity contribution < 1.29 is 8.42 Å². The molecule has 0 radical (unpaired) electrons. The van der Waals surface area contributed by atoms with E-state index in [-0.39, 0.29) is 0 Å². The van der Waals surface area contributed by atoms with Gasteiger partial charge in [0.25, 0.3) is 0 Å². The summed E-state index contributed by atoms with van der Waals surface area (Å²) >= 11 is 1.69. The summed E-state index contributed by atoms with van der Waals surface area (Å²) in [5.74, 6) is 0.874. The number of hydrogen-bond acceptors (Lipinski definition) is 5. The average Bonchev–Trinajstić information content (AvgIpc) is 3.11. The summed E-state index contributed by atoms with van der Waals surface area (Å²) < 4.78 is 29.8. The number of nitrogens with zero attached hydrogens (tertiary/aromatic N) is 4. The third-order valence-electron chi connectivity index (χ3n) is 5.27. The molecule has 154 valence electrons. The Hall–Kier alpha value is -1.90. The van der Waals surface area contributed by atoms with E-state index >= 15 is 0 Å². The molecule has 1 fully saturated rings. The second-order valence-corrected chi connectivity index (χ2v) is 10.2. The summed E-state index contributed by atoms with van der Waals surface area (Å²) in [6.07, 6.45) is 5.65. The molecule has 0 saturated carbocycles. The van der Waals surface area contributed by atoms with Gasteiger partial charge in [0.2, 0.25) is 10.0 Å². The molecule has 0 atom stereocenters. The summed E-state index contributed by atoms with van der Waals surface area (Å²) in [4.78, 5) is 9.47. The number of imidazole rings is 1. The first-order chi connectivity index (χ1) is 14.1. The number of aryl methyl sites for hydroxylation is 2. The topological polar surface area (TPSA) is 68.1 Å². The van der Waals surface area contributed by atoms with Crippen molar-refractivity contribution in [2.45, 2.75) is 49.2 Å². The van der Waals surface area contributed by atoms with Crippen LogP contribution in [0.2, 0.25) is 0 Å². The number of fused-ring (bicyclic) bond motifs is 1. The first kappa shape index (κ1) is 20.4. The molecule has 1 aromatic carbocycles. The lowest BCUT2D eigenvalue weighted by molar-refractivity contribution is 0.346. The van der Waals surface area contributed by atoms with Crippen LogP contribution in [-0.2, 0) is 23.0 Å². The average molecular weight is 431 g/mol. The van der Waals surface area contributed by atoms with Crippen LogP contribution in [-0.4, -0.2) is 46.1 Å². The molecule has 1 aliphatic rings. The molecule has 29 heavy (non-hydrogen) atoms. The Labute approximate surface area is 176 Å². The van der Waals surface area contributed by atoms with Crippen LogP contribution < -0.4 is 0 Å². The van der Waals surface area contributed by atoms with Crippen LogP contribution in [0, 0.1) is 0 Å². The Morgan fingerprint density at radius 3 is 2.66 bits per heavy atom. The molecule has 3 heterocycles. The highest BCUT2D eigenvalue weighted by molar-refractivity contribution is 7.99. The minimum Gasteiger partial charge on any atom is -0.319 e. The minimum atomic E-state index is -3.45. The Kier molecular flexibility index (Phi) is 6.22. The van der Waals surface area contributed by atoms with Gasteiger partial charge in [-0.05, 0) is 56.5 Å². The van der Waals surface area contributed by atoms with Crippen molar-refractivity contribution in [1.82, 2.24) is 18.8 Å². The van der Waals surface area contributed by atoms with Gasteiger partial charge in [-0.2, -0.15) is 4.31 Å². The van der Waals surface area contributed by atoms with Crippen molar-refractivity contribution in [3.05, 3.63) is 48.3 Å². The van der Waals surface area contributed by atoms with E-state index in [0.717, 1.165) is 59.9 Å². The van der Waals surface area contributed by atoms with Crippen molar-refractivity contribution in [1.29, 1.82) is 0 Å². The molecular formula is C21H26N4O2S2. The number of rotatable bonds is 7. The van der Waals surface area contributed by atoms with E-state index in [0.29, 0.717) is 18.0 Å². The van der Waals surface area contributed by atoms with E-state index < -0.39 is 10.0 Å². The predicted molar refractivity (Wildman–Crippen MR) is 117 cm³/mol. The molecule has 0 unspecified atom stereocenters. The summed E-state index contributed by atoms with van der Waals surface area (Å²) in [6, 6.07) is 11.3. The monoisotopic (exact) mass is 430 g/mol. The molecule has 0 aliphatic carbocycles. The van der Waals surface area contributed by atoms with Crippen molar-refractivity contribution in [2.24, 2.45) is 0 Å². The SMILES string of the molecule is CCn1c(SCCc2ccccn2)nc2cc(S(=O)(=O)N3CCCCC3)ccc21. The number of benzene rings is 1. The number of aromatic nitrogens is 3. The minimum absolute atomic E-state index is 0.345. The van der Waals surface area contributed by atoms with Gasteiger partial charge < -0.3 is 4.57 Å². The van der Waals surface area contributed by atoms with Crippen molar-refractivity contribution in [2.75, 3.05) is 18.8 Å². The molecule has 6 nitrogen and oxygen atoms in total. The lowest BCUT2D eigenvalue weighted by Crippen LogP contribution is -2.35. The van der Waals surface area contributed by atoms with Crippen LogP contribution in [0.3, 0.4) is 0 Å². The van der Waals surface area contributed by atoms with Crippen LogP contribution >= 0.6 is 11.8 Å². The molecule has 1 aliphatic heterocycles. The highest BCUT2D eigenvalue weighted by Crippen LogP contribution is 2.28. The normalized spacial score (nSPS) is 15.8. The van der Waals surface area contributed by atoms with Gasteiger partial charge in [0.15, 0.2) is 5.16 Å². The lowest BCUT2D eigenvalue weighted by Gasteiger charge is -2.25. The molecule has 3 aromatic rings. The summed E-state index contributed by atoms with van der Waals surface area (Å²) in [5, 5.41) is 0.922. The van der Waals surface area contributed by atoms with Gasteiger partial charge >= 0.3 is 0 Å². The fourth-order valence-electron chi connectivity index (χ4n) is 3.71. The fourth-order valence-corrected chi connectivity index (χ4v) is 6.29. The van der Waals surface area contributed by atoms with Gasteiger partial charge in [-0.3, -0.25) is 4.98 Å². The number of thioether (sulfide) groups is 1. The molecule has 0 bridgehead atoms. The summed E-state index contributed by atoms with van der Waals surface area (Å²) in [7, 11) is -3.45. The smallest absolute Gasteiger partial charge is 0.243 e. The molecule has 2 aromatic heterocycles. The maximum Gasteiger partial charge on any atom is 0.243 e. The highest BCUT2D eigenvalue weighted by atomic mass is 32.2. The second-order valence-electron chi connectivity index (χ2n) is 7.17. The third kappa shape index (κ3) is 4.34. The Morgan fingerprint density at radius 1 is 1.10 bits per heavy atom. The zero-order chi connectivity index (χ0) is 20.3. The predicted octanol–water partition coefficient (Wildman–Crippen LogP) is 3.96. The number of hydrogen-bond donors (Lipinski definition) is 0. The Balaban J connectivity index is 1.57. The van der Waals surface area contributed by atoms with E-state index in [1.165, 1.54) is 0 Å². The number of sulfonamides is 1. The zero-order valence-corrected chi connectivity index (χ0v) is 18.3. The molecule has 1 saturated heterocycles. The molecule has 8 heteroatoms. The van der Waals surface area contributed by atoms with Gasteiger partial charge in [-0.1, -0.05) is 24.2 Å². The van der Waals surface area contributed by atoms with E-state index in [1.807, 2.05) is 30.5 Å². The molecule has 4 rings (SSSR count).